The molecule has 1 aromatic carbocycles. The summed E-state index contributed by atoms with van der Waals surface area (Å²) in [5.41, 5.74) is 6.21. The smallest absolute Gasteiger partial charge is 0.408 e. The van der Waals surface area contributed by atoms with E-state index in [-0.39, 0.29) is 12.3 Å². The van der Waals surface area contributed by atoms with E-state index in [1.165, 1.54) is 0 Å². The minimum absolute atomic E-state index is 0.146. The Morgan fingerprint density at radius 1 is 1.27 bits per heavy atom. The zero-order chi connectivity index (χ0) is 19.6. The summed E-state index contributed by atoms with van der Waals surface area (Å²) in [6.07, 6.45) is -0.109. The van der Waals surface area contributed by atoms with Crippen LogP contribution >= 0.6 is 11.6 Å². The van der Waals surface area contributed by atoms with Crippen LogP contribution in [0, 0.1) is 0 Å². The van der Waals surface area contributed by atoms with Crippen LogP contribution in [0.15, 0.2) is 35.5 Å². The van der Waals surface area contributed by atoms with Gasteiger partial charge in [-0.1, -0.05) is 35.5 Å². The molecule has 0 aliphatic rings. The van der Waals surface area contributed by atoms with Gasteiger partial charge in [-0.05, 0) is 39.2 Å². The topological polar surface area (TPSA) is 103 Å². The molecule has 0 aromatic heterocycles. The van der Waals surface area contributed by atoms with Crippen molar-refractivity contribution in [1.82, 2.24) is 5.32 Å². The number of alkyl carbamates (subject to hydrolysis) is 1. The lowest BCUT2D eigenvalue weighted by Crippen LogP contribution is -2.46. The average molecular weight is 384 g/mol. The maximum absolute atomic E-state index is 11.8. The zero-order valence-corrected chi connectivity index (χ0v) is 16.1. The molecule has 2 amide bonds. The van der Waals surface area contributed by atoms with E-state index in [1.54, 1.807) is 20.8 Å². The molecule has 1 aromatic rings. The van der Waals surface area contributed by atoms with Gasteiger partial charge in [0, 0.05) is 0 Å². The molecule has 0 saturated heterocycles. The van der Waals surface area contributed by atoms with Crippen LogP contribution in [0.25, 0.3) is 0 Å². The van der Waals surface area contributed by atoms with Crippen molar-refractivity contribution >= 4 is 29.3 Å². The first kappa shape index (κ1) is 21.8. The van der Waals surface area contributed by atoms with Gasteiger partial charge < -0.3 is 20.6 Å². The molecule has 0 spiro atoms. The first-order valence-electron chi connectivity index (χ1n) is 8.27. The Kier molecular flexibility index (Phi) is 8.92. The van der Waals surface area contributed by atoms with Crippen LogP contribution in [0.5, 0.6) is 0 Å². The third kappa shape index (κ3) is 9.27. The Labute approximate surface area is 158 Å². The molecule has 0 unspecified atom stereocenters. The van der Waals surface area contributed by atoms with Crippen LogP contribution in [0.2, 0.25) is 0 Å². The molecule has 0 heterocycles. The molecule has 0 saturated carbocycles. The number of hydrogen-bond acceptors (Lipinski definition) is 5. The second-order valence-corrected chi connectivity index (χ2v) is 6.96. The summed E-state index contributed by atoms with van der Waals surface area (Å²) < 4.78 is 5.13. The van der Waals surface area contributed by atoms with E-state index >= 15 is 0 Å². The Morgan fingerprint density at radius 2 is 1.92 bits per heavy atom. The Hall–Kier alpha value is -2.28. The van der Waals surface area contributed by atoms with Crippen molar-refractivity contribution in [3.05, 3.63) is 35.9 Å². The van der Waals surface area contributed by atoms with Gasteiger partial charge in [0.25, 0.3) is 0 Å². The molecule has 0 aliphatic carbocycles. The lowest BCUT2D eigenvalue weighted by atomic mass is 10.1. The van der Waals surface area contributed by atoms with Crippen molar-refractivity contribution in [2.45, 2.75) is 51.9 Å². The molecule has 0 bridgehead atoms. The highest BCUT2D eigenvalue weighted by molar-refractivity contribution is 6.28. The van der Waals surface area contributed by atoms with Crippen LogP contribution in [0.3, 0.4) is 0 Å². The fourth-order valence-electron chi connectivity index (χ4n) is 1.96. The van der Waals surface area contributed by atoms with Gasteiger partial charge in [-0.2, -0.15) is 0 Å². The Morgan fingerprint density at radius 3 is 2.46 bits per heavy atom. The summed E-state index contributed by atoms with van der Waals surface area (Å²) in [6.45, 7) is 5.51. The van der Waals surface area contributed by atoms with Gasteiger partial charge >= 0.3 is 6.09 Å². The van der Waals surface area contributed by atoms with E-state index in [0.717, 1.165) is 5.56 Å². The maximum atomic E-state index is 11.8. The van der Waals surface area contributed by atoms with E-state index in [0.29, 0.717) is 18.7 Å². The molecule has 8 heteroatoms. The van der Waals surface area contributed by atoms with Crippen molar-refractivity contribution in [3.8, 4) is 0 Å². The monoisotopic (exact) mass is 383 g/mol. The minimum Gasteiger partial charge on any atom is -0.444 e. The van der Waals surface area contributed by atoms with Gasteiger partial charge in [-0.3, -0.25) is 4.79 Å². The first-order valence-corrected chi connectivity index (χ1v) is 8.81. The number of nitrogens with one attached hydrogen (secondary N) is 1. The van der Waals surface area contributed by atoms with E-state index in [9.17, 15) is 9.59 Å². The van der Waals surface area contributed by atoms with Gasteiger partial charge in [-0.25, -0.2) is 4.79 Å². The highest BCUT2D eigenvalue weighted by atomic mass is 35.5. The van der Waals surface area contributed by atoms with Crippen molar-refractivity contribution < 1.29 is 19.2 Å². The summed E-state index contributed by atoms with van der Waals surface area (Å²) in [6, 6.07) is 8.69. The number of benzene rings is 1. The molecule has 3 N–H and O–H groups in total. The Bertz CT molecular complexity index is 615. The summed E-state index contributed by atoms with van der Waals surface area (Å²) in [5, 5.41) is 6.46. The van der Waals surface area contributed by atoms with Crippen molar-refractivity contribution in [1.29, 1.82) is 0 Å². The molecule has 0 radical (unpaired) electrons. The van der Waals surface area contributed by atoms with Crippen LogP contribution in [-0.2, 0) is 21.0 Å². The standard InChI is InChI=1S/C18H26ClN3O4/c1-18(2,3)26-17(24)21-15(16(20)23)10-9-14(11-19)22-25-12-13-7-5-4-6-8-13/h4-8,15H,9-12H2,1-3H3,(H2,20,23)(H,21,24)/b22-14+/t15-/m0/s1. The molecular formula is C18H26ClN3O4. The van der Waals surface area contributed by atoms with Crippen LogP contribution in [-0.4, -0.2) is 35.2 Å². The number of alkyl halides is 1. The average Bonchev–Trinajstić information content (AvgIpc) is 2.55. The largest absolute Gasteiger partial charge is 0.444 e. The molecular weight excluding hydrogens is 358 g/mol. The number of carbonyl (C=O) groups is 2. The second-order valence-electron chi connectivity index (χ2n) is 6.69. The Balaban J connectivity index is 2.52. The van der Waals surface area contributed by atoms with E-state index in [4.69, 9.17) is 26.9 Å². The lowest BCUT2D eigenvalue weighted by Gasteiger charge is -2.22. The molecule has 144 valence electrons. The molecule has 7 nitrogen and oxygen atoms in total. The maximum Gasteiger partial charge on any atom is 0.408 e. The quantitative estimate of drug-likeness (QED) is 0.388. The number of hydrogen-bond donors (Lipinski definition) is 2. The zero-order valence-electron chi connectivity index (χ0n) is 15.3. The SMILES string of the molecule is CC(C)(C)OC(=O)N[C@@H](CC/C(CCl)=N\OCc1ccccc1)C(N)=O. The van der Waals surface area contributed by atoms with Crippen molar-refractivity contribution in [2.24, 2.45) is 10.9 Å². The van der Waals surface area contributed by atoms with Crippen molar-refractivity contribution in [3.63, 3.8) is 0 Å². The highest BCUT2D eigenvalue weighted by Crippen LogP contribution is 2.09. The molecule has 0 aliphatic heterocycles. The molecule has 1 rings (SSSR count). The number of nitrogens with zero attached hydrogens (tertiary/aromatic N) is 1. The number of carbonyl (C=O) groups excluding carboxylic acids is 2. The fourth-order valence-corrected chi connectivity index (χ4v) is 2.14. The lowest BCUT2D eigenvalue weighted by molar-refractivity contribution is -0.120. The van der Waals surface area contributed by atoms with Gasteiger partial charge in [-0.15, -0.1) is 11.6 Å². The van der Waals surface area contributed by atoms with Crippen molar-refractivity contribution in [2.75, 3.05) is 5.88 Å². The van der Waals surface area contributed by atoms with Gasteiger partial charge in [0.2, 0.25) is 5.91 Å². The normalized spacial score (nSPS) is 13.0. The molecule has 26 heavy (non-hydrogen) atoms. The van der Waals surface area contributed by atoms with Crippen LogP contribution in [0.4, 0.5) is 4.79 Å². The predicted octanol–water partition coefficient (Wildman–Crippen LogP) is 2.96. The molecule has 1 atom stereocenters. The number of primary amides is 1. The predicted molar refractivity (Wildman–Crippen MR) is 101 cm³/mol. The summed E-state index contributed by atoms with van der Waals surface area (Å²) >= 11 is 5.87. The highest BCUT2D eigenvalue weighted by Gasteiger charge is 2.23. The molecule has 0 fully saturated rings. The second kappa shape index (κ2) is 10.7. The summed E-state index contributed by atoms with van der Waals surface area (Å²) in [4.78, 5) is 28.6. The van der Waals surface area contributed by atoms with Gasteiger partial charge in [0.15, 0.2) is 0 Å². The third-order valence-electron chi connectivity index (χ3n) is 3.18. The minimum atomic E-state index is -0.882. The summed E-state index contributed by atoms with van der Waals surface area (Å²) in [5.74, 6) is -0.512. The van der Waals surface area contributed by atoms with Crippen LogP contribution in [0.1, 0.15) is 39.2 Å². The first-order chi connectivity index (χ1) is 12.2. The number of amides is 2. The number of nitrogens with two attached hydrogens (primary N) is 1. The number of halogens is 1. The van der Waals surface area contributed by atoms with Gasteiger partial charge in [0.1, 0.15) is 18.2 Å². The fraction of sp³-hybridized carbons (Fsp3) is 0.500. The van der Waals surface area contributed by atoms with Gasteiger partial charge in [0.05, 0.1) is 11.6 Å². The summed E-state index contributed by atoms with van der Waals surface area (Å²) in [7, 11) is 0. The number of ether oxygens (including phenoxy) is 1. The van der Waals surface area contributed by atoms with E-state index in [1.807, 2.05) is 30.3 Å². The third-order valence-corrected chi connectivity index (χ3v) is 3.49. The van der Waals surface area contributed by atoms with Crippen LogP contribution < -0.4 is 11.1 Å². The number of oxime groups is 1. The van der Waals surface area contributed by atoms with E-state index < -0.39 is 23.6 Å². The number of rotatable bonds is 9. The van der Waals surface area contributed by atoms with E-state index in [2.05, 4.69) is 10.5 Å².